The Bertz CT molecular complexity index is 884. The van der Waals surface area contributed by atoms with Crippen molar-refractivity contribution in [1.82, 2.24) is 9.80 Å². The SMILES string of the molecule is O=C1c2ccccc2C(O)N1CCCCN1CCN(c2cccc(Cl)c2Cl)CC1. The van der Waals surface area contributed by atoms with Crippen LogP contribution in [-0.2, 0) is 0 Å². The molecule has 2 aromatic carbocycles. The van der Waals surface area contributed by atoms with E-state index < -0.39 is 6.23 Å². The highest BCUT2D eigenvalue weighted by Gasteiger charge is 2.34. The van der Waals surface area contributed by atoms with E-state index in [1.54, 1.807) is 11.0 Å². The fourth-order valence-corrected chi connectivity index (χ4v) is 4.56. The number of unbranched alkanes of at least 4 members (excludes halogenated alkanes) is 1. The molecular formula is C22H25Cl2N3O2. The molecule has 29 heavy (non-hydrogen) atoms. The second-order valence-corrected chi connectivity index (χ2v) is 8.35. The van der Waals surface area contributed by atoms with Crippen molar-refractivity contribution in [2.24, 2.45) is 0 Å². The van der Waals surface area contributed by atoms with Crippen LogP contribution in [0.4, 0.5) is 5.69 Å². The van der Waals surface area contributed by atoms with Crippen LogP contribution in [0.5, 0.6) is 0 Å². The van der Waals surface area contributed by atoms with Gasteiger partial charge in [0.1, 0.15) is 0 Å². The van der Waals surface area contributed by atoms with Crippen LogP contribution in [0.3, 0.4) is 0 Å². The van der Waals surface area contributed by atoms with Gasteiger partial charge in [0.2, 0.25) is 0 Å². The molecule has 5 nitrogen and oxygen atoms in total. The van der Waals surface area contributed by atoms with Crippen LogP contribution >= 0.6 is 23.2 Å². The Kier molecular flexibility index (Phi) is 6.30. The summed E-state index contributed by atoms with van der Waals surface area (Å²) in [6.45, 7) is 5.34. The van der Waals surface area contributed by atoms with Crippen molar-refractivity contribution in [3.63, 3.8) is 0 Å². The summed E-state index contributed by atoms with van der Waals surface area (Å²) < 4.78 is 0. The molecule has 0 radical (unpaired) electrons. The molecule has 0 aromatic heterocycles. The Morgan fingerprint density at radius 1 is 0.931 bits per heavy atom. The first-order valence-corrected chi connectivity index (χ1v) is 10.8. The minimum atomic E-state index is -0.815. The summed E-state index contributed by atoms with van der Waals surface area (Å²) in [4.78, 5) is 18.7. The third-order valence-corrected chi connectivity index (χ3v) is 6.60. The highest BCUT2D eigenvalue weighted by molar-refractivity contribution is 6.43. The summed E-state index contributed by atoms with van der Waals surface area (Å²) >= 11 is 12.5. The summed E-state index contributed by atoms with van der Waals surface area (Å²) in [5, 5.41) is 11.6. The minimum absolute atomic E-state index is 0.0693. The van der Waals surface area contributed by atoms with Crippen LogP contribution in [-0.4, -0.2) is 60.1 Å². The molecule has 1 fully saturated rings. The number of halogens is 2. The maximum absolute atomic E-state index is 12.5. The maximum Gasteiger partial charge on any atom is 0.256 e. The number of nitrogens with zero attached hydrogens (tertiary/aromatic N) is 3. The van der Waals surface area contributed by atoms with E-state index >= 15 is 0 Å². The molecule has 2 aliphatic heterocycles. The number of carbonyl (C=O) groups is 1. The highest BCUT2D eigenvalue weighted by atomic mass is 35.5. The van der Waals surface area contributed by atoms with Gasteiger partial charge in [0, 0.05) is 43.9 Å². The van der Waals surface area contributed by atoms with Crippen LogP contribution in [0.1, 0.15) is 35.0 Å². The number of amides is 1. The lowest BCUT2D eigenvalue weighted by molar-refractivity contribution is 0.0167. The van der Waals surface area contributed by atoms with E-state index in [1.807, 2.05) is 36.4 Å². The number of aliphatic hydroxyl groups excluding tert-OH is 1. The van der Waals surface area contributed by atoms with E-state index in [2.05, 4.69) is 9.80 Å². The maximum atomic E-state index is 12.5. The van der Waals surface area contributed by atoms with Crippen molar-refractivity contribution in [2.45, 2.75) is 19.1 Å². The van der Waals surface area contributed by atoms with Gasteiger partial charge in [0.05, 0.1) is 15.7 Å². The van der Waals surface area contributed by atoms with Crippen molar-refractivity contribution in [3.05, 3.63) is 63.6 Å². The predicted octanol–water partition coefficient (Wildman–Crippen LogP) is 4.04. The van der Waals surface area contributed by atoms with Gasteiger partial charge in [0.25, 0.3) is 5.91 Å². The third-order valence-electron chi connectivity index (χ3n) is 5.79. The molecule has 1 amide bonds. The molecule has 1 saturated heterocycles. The molecule has 0 saturated carbocycles. The van der Waals surface area contributed by atoms with Gasteiger partial charge in [-0.25, -0.2) is 0 Å². The normalized spacial score (nSPS) is 19.7. The molecule has 2 aliphatic rings. The van der Waals surface area contributed by atoms with Gasteiger partial charge in [-0.05, 0) is 37.6 Å². The Morgan fingerprint density at radius 2 is 1.66 bits per heavy atom. The highest BCUT2D eigenvalue weighted by Crippen LogP contribution is 2.33. The van der Waals surface area contributed by atoms with Crippen LogP contribution in [0.15, 0.2) is 42.5 Å². The zero-order valence-electron chi connectivity index (χ0n) is 16.2. The lowest BCUT2D eigenvalue weighted by Gasteiger charge is -2.36. The van der Waals surface area contributed by atoms with Gasteiger partial charge < -0.3 is 14.9 Å². The molecule has 2 heterocycles. The summed E-state index contributed by atoms with van der Waals surface area (Å²) in [5.74, 6) is -0.0693. The van der Waals surface area contributed by atoms with Crippen molar-refractivity contribution >= 4 is 34.8 Å². The monoisotopic (exact) mass is 433 g/mol. The first-order valence-electron chi connectivity index (χ1n) is 10.1. The van der Waals surface area contributed by atoms with Crippen LogP contribution in [0.2, 0.25) is 10.0 Å². The molecular weight excluding hydrogens is 409 g/mol. The predicted molar refractivity (Wildman–Crippen MR) is 117 cm³/mol. The summed E-state index contributed by atoms with van der Waals surface area (Å²) in [5.41, 5.74) is 2.34. The van der Waals surface area contributed by atoms with Crippen molar-refractivity contribution < 1.29 is 9.90 Å². The number of rotatable bonds is 6. The van der Waals surface area contributed by atoms with Gasteiger partial charge in [-0.3, -0.25) is 9.69 Å². The summed E-state index contributed by atoms with van der Waals surface area (Å²) in [7, 11) is 0. The van der Waals surface area contributed by atoms with Gasteiger partial charge in [-0.2, -0.15) is 0 Å². The number of aliphatic hydroxyl groups is 1. The third kappa shape index (κ3) is 4.24. The second kappa shape index (κ2) is 8.92. The number of anilines is 1. The zero-order chi connectivity index (χ0) is 20.4. The molecule has 0 aliphatic carbocycles. The van der Waals surface area contributed by atoms with Crippen LogP contribution < -0.4 is 4.90 Å². The standard InChI is InChI=1S/C22H25Cl2N3O2/c23-18-8-5-9-19(20(18)24)26-14-12-25(13-15-26)10-3-4-11-27-21(28)16-6-1-2-7-17(16)22(27)29/h1-2,5-9,21,28H,3-4,10-15H2. The molecule has 7 heteroatoms. The Balaban J connectivity index is 1.21. The summed E-state index contributed by atoms with van der Waals surface area (Å²) in [6, 6.07) is 13.1. The average Bonchev–Trinajstić information content (AvgIpc) is 2.99. The van der Waals surface area contributed by atoms with E-state index in [1.165, 1.54) is 0 Å². The van der Waals surface area contributed by atoms with Gasteiger partial charge >= 0.3 is 0 Å². The van der Waals surface area contributed by atoms with Crippen molar-refractivity contribution in [3.8, 4) is 0 Å². The van der Waals surface area contributed by atoms with Gasteiger partial charge in [-0.1, -0.05) is 47.5 Å². The smallest absolute Gasteiger partial charge is 0.256 e. The fourth-order valence-electron chi connectivity index (χ4n) is 4.14. The molecule has 1 unspecified atom stereocenters. The first-order chi connectivity index (χ1) is 14.1. The van der Waals surface area contributed by atoms with Gasteiger partial charge in [-0.15, -0.1) is 0 Å². The summed E-state index contributed by atoms with van der Waals surface area (Å²) in [6.07, 6.45) is 1.05. The minimum Gasteiger partial charge on any atom is -0.369 e. The fraction of sp³-hybridized carbons (Fsp3) is 0.409. The molecule has 1 N–H and O–H groups in total. The zero-order valence-corrected chi connectivity index (χ0v) is 17.7. The molecule has 0 spiro atoms. The average molecular weight is 434 g/mol. The number of carbonyl (C=O) groups excluding carboxylic acids is 1. The number of fused-ring (bicyclic) bond motifs is 1. The second-order valence-electron chi connectivity index (χ2n) is 7.57. The van der Waals surface area contributed by atoms with E-state index in [0.29, 0.717) is 27.7 Å². The van der Waals surface area contributed by atoms with Crippen molar-refractivity contribution in [1.29, 1.82) is 0 Å². The molecule has 2 aromatic rings. The Morgan fingerprint density at radius 3 is 2.41 bits per heavy atom. The van der Waals surface area contributed by atoms with Crippen molar-refractivity contribution in [2.75, 3.05) is 44.2 Å². The van der Waals surface area contributed by atoms with E-state index in [4.69, 9.17) is 23.2 Å². The number of hydrogen-bond donors (Lipinski definition) is 1. The number of piperazine rings is 1. The first kappa shape index (κ1) is 20.5. The van der Waals surface area contributed by atoms with Crippen LogP contribution in [0, 0.1) is 0 Å². The lowest BCUT2D eigenvalue weighted by atomic mass is 10.1. The van der Waals surface area contributed by atoms with Gasteiger partial charge in [0.15, 0.2) is 6.23 Å². The van der Waals surface area contributed by atoms with Crippen LogP contribution in [0.25, 0.3) is 0 Å². The number of hydrogen-bond acceptors (Lipinski definition) is 4. The topological polar surface area (TPSA) is 47.0 Å². The van der Waals surface area contributed by atoms with E-state index in [0.717, 1.165) is 51.3 Å². The van der Waals surface area contributed by atoms with E-state index in [-0.39, 0.29) is 5.91 Å². The Hall–Kier alpha value is -1.79. The largest absolute Gasteiger partial charge is 0.369 e. The number of benzene rings is 2. The lowest BCUT2D eigenvalue weighted by Crippen LogP contribution is -2.46. The molecule has 154 valence electrons. The molecule has 4 rings (SSSR count). The molecule has 1 atom stereocenters. The molecule has 0 bridgehead atoms. The van der Waals surface area contributed by atoms with E-state index in [9.17, 15) is 9.90 Å². The quantitative estimate of drug-likeness (QED) is 0.698. The Labute approximate surface area is 181 Å².